The summed E-state index contributed by atoms with van der Waals surface area (Å²) >= 11 is 1.50. The van der Waals surface area contributed by atoms with Crippen LogP contribution in [-0.4, -0.2) is 47.6 Å². The molecule has 1 amide bonds. The zero-order valence-electron chi connectivity index (χ0n) is 10.5. The predicted octanol–water partition coefficient (Wildman–Crippen LogP) is 0.877. The van der Waals surface area contributed by atoms with Crippen LogP contribution in [0.4, 0.5) is 5.13 Å². The molecular weight excluding hydrogens is 238 g/mol. The number of aryl methyl sites for hydroxylation is 2. The molecule has 0 aliphatic heterocycles. The van der Waals surface area contributed by atoms with E-state index in [1.54, 1.807) is 11.9 Å². The predicted molar refractivity (Wildman–Crippen MR) is 69.4 cm³/mol. The normalized spacial score (nSPS) is 10.9. The Morgan fingerprint density at radius 1 is 1.59 bits per heavy atom. The summed E-state index contributed by atoms with van der Waals surface area (Å²) in [6, 6.07) is 0. The van der Waals surface area contributed by atoms with Gasteiger partial charge >= 0.3 is 0 Å². The molecule has 96 valence electrons. The van der Waals surface area contributed by atoms with Crippen molar-refractivity contribution in [1.29, 1.82) is 0 Å². The number of aromatic nitrogens is 1. The molecule has 0 fully saturated rings. The van der Waals surface area contributed by atoms with Crippen molar-refractivity contribution in [2.24, 2.45) is 0 Å². The molecule has 1 heterocycles. The lowest BCUT2D eigenvalue weighted by Gasteiger charge is -2.13. The number of aliphatic hydroxyl groups excluding tert-OH is 1. The average molecular weight is 257 g/mol. The minimum Gasteiger partial charge on any atom is -0.395 e. The molecule has 0 saturated heterocycles. The number of hydrogen-bond donors (Lipinski definition) is 2. The van der Waals surface area contributed by atoms with Crippen molar-refractivity contribution in [2.75, 3.05) is 32.1 Å². The molecule has 5 nitrogen and oxygen atoms in total. The lowest BCUT2D eigenvalue weighted by atomic mass is 10.3. The van der Waals surface area contributed by atoms with Gasteiger partial charge in [-0.2, -0.15) is 0 Å². The molecule has 0 aromatic carbocycles. The minimum absolute atomic E-state index is 0.0557. The summed E-state index contributed by atoms with van der Waals surface area (Å²) in [7, 11) is 1.79. The fourth-order valence-electron chi connectivity index (χ4n) is 1.46. The van der Waals surface area contributed by atoms with E-state index in [4.69, 9.17) is 5.11 Å². The third-order valence-electron chi connectivity index (χ3n) is 2.37. The topological polar surface area (TPSA) is 65.5 Å². The quantitative estimate of drug-likeness (QED) is 0.794. The van der Waals surface area contributed by atoms with Gasteiger partial charge in [0.1, 0.15) is 0 Å². The van der Waals surface area contributed by atoms with Crippen molar-refractivity contribution in [3.05, 3.63) is 10.6 Å². The zero-order valence-corrected chi connectivity index (χ0v) is 11.3. The molecule has 0 radical (unpaired) electrons. The number of carbonyl (C=O) groups is 1. The summed E-state index contributed by atoms with van der Waals surface area (Å²) in [5, 5.41) is 12.2. The van der Waals surface area contributed by atoms with E-state index in [0.29, 0.717) is 11.7 Å². The molecule has 6 heteroatoms. The van der Waals surface area contributed by atoms with E-state index in [2.05, 4.69) is 10.3 Å². The fraction of sp³-hybridized carbons (Fsp3) is 0.636. The first-order chi connectivity index (χ1) is 8.06. The molecule has 0 aliphatic rings. The Balaban J connectivity index is 2.50. The van der Waals surface area contributed by atoms with Crippen molar-refractivity contribution in [3.8, 4) is 0 Å². The van der Waals surface area contributed by atoms with Crippen molar-refractivity contribution >= 4 is 22.4 Å². The molecule has 2 N–H and O–H groups in total. The first kappa shape index (κ1) is 14.1. The van der Waals surface area contributed by atoms with Gasteiger partial charge in [0.2, 0.25) is 5.91 Å². The largest absolute Gasteiger partial charge is 0.395 e. The SMILES string of the molecule is CCc1nc(NC(=O)CN(C)CCO)sc1C. The van der Waals surface area contributed by atoms with Gasteiger partial charge in [-0.1, -0.05) is 6.92 Å². The van der Waals surface area contributed by atoms with Gasteiger partial charge < -0.3 is 10.4 Å². The van der Waals surface area contributed by atoms with Crippen LogP contribution in [0.15, 0.2) is 0 Å². The van der Waals surface area contributed by atoms with Crippen LogP contribution in [0.3, 0.4) is 0 Å². The number of hydrogen-bond acceptors (Lipinski definition) is 5. The Hall–Kier alpha value is -0.980. The molecule has 1 rings (SSSR count). The van der Waals surface area contributed by atoms with Crippen LogP contribution in [0, 0.1) is 6.92 Å². The maximum Gasteiger partial charge on any atom is 0.240 e. The molecule has 0 unspecified atom stereocenters. The van der Waals surface area contributed by atoms with Crippen LogP contribution in [-0.2, 0) is 11.2 Å². The Morgan fingerprint density at radius 2 is 2.29 bits per heavy atom. The van der Waals surface area contributed by atoms with Crippen LogP contribution in [0.2, 0.25) is 0 Å². The van der Waals surface area contributed by atoms with Gasteiger partial charge in [-0.3, -0.25) is 9.69 Å². The molecule has 0 saturated carbocycles. The summed E-state index contributed by atoms with van der Waals surface area (Å²) in [5.74, 6) is -0.0997. The van der Waals surface area contributed by atoms with Crippen molar-refractivity contribution in [3.63, 3.8) is 0 Å². The average Bonchev–Trinajstić information content (AvgIpc) is 2.58. The van der Waals surface area contributed by atoms with Crippen LogP contribution < -0.4 is 5.32 Å². The second-order valence-electron chi connectivity index (χ2n) is 3.89. The Labute approximate surface area is 105 Å². The summed E-state index contributed by atoms with van der Waals surface area (Å²) in [5.41, 5.74) is 1.04. The maximum absolute atomic E-state index is 11.6. The summed E-state index contributed by atoms with van der Waals surface area (Å²) in [4.78, 5) is 18.9. The van der Waals surface area contributed by atoms with Gasteiger partial charge in [0.25, 0.3) is 0 Å². The van der Waals surface area contributed by atoms with E-state index in [-0.39, 0.29) is 19.1 Å². The number of anilines is 1. The van der Waals surface area contributed by atoms with E-state index in [9.17, 15) is 4.79 Å². The summed E-state index contributed by atoms with van der Waals surface area (Å²) in [6.45, 7) is 4.86. The van der Waals surface area contributed by atoms with E-state index in [1.807, 2.05) is 13.8 Å². The van der Waals surface area contributed by atoms with Gasteiger partial charge in [-0.25, -0.2) is 4.98 Å². The lowest BCUT2D eigenvalue weighted by Crippen LogP contribution is -2.32. The van der Waals surface area contributed by atoms with Crippen LogP contribution >= 0.6 is 11.3 Å². The molecule has 0 aliphatic carbocycles. The molecular formula is C11H19N3O2S. The van der Waals surface area contributed by atoms with Crippen LogP contribution in [0.25, 0.3) is 0 Å². The molecule has 1 aromatic rings. The summed E-state index contributed by atoms with van der Waals surface area (Å²) in [6.07, 6.45) is 0.878. The third-order valence-corrected chi connectivity index (χ3v) is 3.30. The number of nitrogens with zero attached hydrogens (tertiary/aromatic N) is 2. The zero-order chi connectivity index (χ0) is 12.8. The summed E-state index contributed by atoms with van der Waals surface area (Å²) < 4.78 is 0. The Morgan fingerprint density at radius 3 is 2.82 bits per heavy atom. The first-order valence-electron chi connectivity index (χ1n) is 5.62. The third kappa shape index (κ3) is 4.41. The lowest BCUT2D eigenvalue weighted by molar-refractivity contribution is -0.117. The second kappa shape index (κ2) is 6.68. The van der Waals surface area contributed by atoms with Crippen molar-refractivity contribution < 1.29 is 9.90 Å². The second-order valence-corrected chi connectivity index (χ2v) is 5.09. The standard InChI is InChI=1S/C11H19N3O2S/c1-4-9-8(2)17-11(12-9)13-10(16)7-14(3)5-6-15/h15H,4-7H2,1-3H3,(H,12,13,16). The highest BCUT2D eigenvalue weighted by molar-refractivity contribution is 7.15. The van der Waals surface area contributed by atoms with E-state index < -0.39 is 0 Å². The highest BCUT2D eigenvalue weighted by atomic mass is 32.1. The van der Waals surface area contributed by atoms with Crippen molar-refractivity contribution in [2.45, 2.75) is 20.3 Å². The van der Waals surface area contributed by atoms with Crippen LogP contribution in [0.5, 0.6) is 0 Å². The molecule has 1 aromatic heterocycles. The number of rotatable bonds is 6. The number of nitrogens with one attached hydrogen (secondary N) is 1. The van der Waals surface area contributed by atoms with Gasteiger partial charge in [0, 0.05) is 11.4 Å². The molecule has 0 spiro atoms. The highest BCUT2D eigenvalue weighted by Crippen LogP contribution is 2.22. The van der Waals surface area contributed by atoms with Gasteiger partial charge in [0.05, 0.1) is 18.8 Å². The smallest absolute Gasteiger partial charge is 0.240 e. The first-order valence-corrected chi connectivity index (χ1v) is 6.44. The molecule has 0 bridgehead atoms. The van der Waals surface area contributed by atoms with E-state index in [1.165, 1.54) is 11.3 Å². The van der Waals surface area contributed by atoms with Crippen molar-refractivity contribution in [1.82, 2.24) is 9.88 Å². The molecule has 17 heavy (non-hydrogen) atoms. The monoisotopic (exact) mass is 257 g/mol. The van der Waals surface area contributed by atoms with Gasteiger partial charge in [-0.05, 0) is 20.4 Å². The van der Waals surface area contributed by atoms with E-state index in [0.717, 1.165) is 17.0 Å². The van der Waals surface area contributed by atoms with Crippen LogP contribution in [0.1, 0.15) is 17.5 Å². The number of likely N-dealkylation sites (N-methyl/N-ethyl adjacent to an activating group) is 1. The number of amides is 1. The Kier molecular flexibility index (Phi) is 5.54. The van der Waals surface area contributed by atoms with Gasteiger partial charge in [-0.15, -0.1) is 11.3 Å². The molecule has 0 atom stereocenters. The van der Waals surface area contributed by atoms with E-state index >= 15 is 0 Å². The highest BCUT2D eigenvalue weighted by Gasteiger charge is 2.10. The minimum atomic E-state index is -0.0997. The number of carbonyl (C=O) groups excluding carboxylic acids is 1. The fourth-order valence-corrected chi connectivity index (χ4v) is 2.38. The number of thiazole rings is 1. The number of aliphatic hydroxyl groups is 1. The maximum atomic E-state index is 11.6. The van der Waals surface area contributed by atoms with Gasteiger partial charge in [0.15, 0.2) is 5.13 Å². The Bertz CT molecular complexity index is 379.